The van der Waals surface area contributed by atoms with E-state index in [0.717, 1.165) is 0 Å². The maximum Gasteiger partial charge on any atom is 0.0913 e. The van der Waals surface area contributed by atoms with Crippen molar-refractivity contribution in [3.05, 3.63) is 0 Å². The topological polar surface area (TPSA) is 83.2 Å². The van der Waals surface area contributed by atoms with E-state index in [1.54, 1.807) is 0 Å². The lowest BCUT2D eigenvalue weighted by atomic mass is 10.7. The molecule has 0 amide bonds. The number of hydrogen-bond acceptors (Lipinski definition) is 6. The molecule has 0 radical (unpaired) electrons. The van der Waals surface area contributed by atoms with Gasteiger partial charge in [-0.1, -0.05) is 0 Å². The van der Waals surface area contributed by atoms with Gasteiger partial charge in [-0.05, 0) is 0 Å². The summed E-state index contributed by atoms with van der Waals surface area (Å²) in [6.45, 7) is 3.30. The lowest BCUT2D eigenvalue weighted by Gasteiger charge is -2.05. The van der Waals surface area contributed by atoms with E-state index in [1.165, 1.54) is 0 Å². The average Bonchev–Trinajstić information content (AvgIpc) is 2.21. The van der Waals surface area contributed by atoms with Gasteiger partial charge in [-0.15, -0.1) is 0 Å². The third-order valence-corrected chi connectivity index (χ3v) is 1.33. The molecular formula is C8H19NO5. The Labute approximate surface area is 83.8 Å². The van der Waals surface area contributed by atoms with E-state index < -0.39 is 0 Å². The molecule has 86 valence electrons. The van der Waals surface area contributed by atoms with Crippen LogP contribution in [0.2, 0.25) is 0 Å². The third-order valence-electron chi connectivity index (χ3n) is 1.33. The number of nitrogens with two attached hydrogens (primary N) is 1. The number of aliphatic hydroxyl groups is 1. The van der Waals surface area contributed by atoms with Crippen molar-refractivity contribution in [1.29, 1.82) is 0 Å². The van der Waals surface area contributed by atoms with Crippen molar-refractivity contribution in [2.24, 2.45) is 5.90 Å². The van der Waals surface area contributed by atoms with E-state index in [-0.39, 0.29) is 6.61 Å². The van der Waals surface area contributed by atoms with Crippen LogP contribution in [0.1, 0.15) is 0 Å². The molecule has 0 aromatic heterocycles. The Balaban J connectivity index is 2.78. The van der Waals surface area contributed by atoms with Crippen LogP contribution in [0.5, 0.6) is 0 Å². The molecule has 0 bridgehead atoms. The Hall–Kier alpha value is -0.240. The average molecular weight is 209 g/mol. The van der Waals surface area contributed by atoms with Gasteiger partial charge in [0.15, 0.2) is 0 Å². The zero-order chi connectivity index (χ0) is 10.5. The van der Waals surface area contributed by atoms with Crippen molar-refractivity contribution in [2.75, 3.05) is 52.9 Å². The molecule has 0 aromatic rings. The molecule has 0 fully saturated rings. The molecular weight excluding hydrogens is 190 g/mol. The van der Waals surface area contributed by atoms with Gasteiger partial charge in [-0.2, -0.15) is 0 Å². The minimum absolute atomic E-state index is 0.0438. The second-order valence-electron chi connectivity index (χ2n) is 2.43. The SMILES string of the molecule is NOCCOCCOCCOCCO. The van der Waals surface area contributed by atoms with Gasteiger partial charge in [0.2, 0.25) is 0 Å². The van der Waals surface area contributed by atoms with Gasteiger partial charge in [0.05, 0.1) is 52.9 Å². The fourth-order valence-corrected chi connectivity index (χ4v) is 0.713. The highest BCUT2D eigenvalue weighted by molar-refractivity contribution is 4.33. The zero-order valence-electron chi connectivity index (χ0n) is 8.31. The Kier molecular flexibility index (Phi) is 12.5. The molecule has 0 saturated carbocycles. The summed E-state index contributed by atoms with van der Waals surface area (Å²) in [7, 11) is 0. The van der Waals surface area contributed by atoms with Crippen molar-refractivity contribution < 1.29 is 24.2 Å². The van der Waals surface area contributed by atoms with Crippen molar-refractivity contribution in [1.82, 2.24) is 0 Å². The first-order chi connectivity index (χ1) is 6.91. The predicted molar refractivity (Wildman–Crippen MR) is 49.7 cm³/mol. The molecule has 0 spiro atoms. The smallest absolute Gasteiger partial charge is 0.0913 e. The van der Waals surface area contributed by atoms with Crippen LogP contribution >= 0.6 is 0 Å². The molecule has 0 heterocycles. The van der Waals surface area contributed by atoms with Crippen LogP contribution in [0.25, 0.3) is 0 Å². The van der Waals surface area contributed by atoms with E-state index in [0.29, 0.717) is 46.2 Å². The Morgan fingerprint density at radius 2 is 1.14 bits per heavy atom. The summed E-state index contributed by atoms with van der Waals surface area (Å²) >= 11 is 0. The first kappa shape index (κ1) is 13.8. The molecule has 0 aliphatic heterocycles. The van der Waals surface area contributed by atoms with E-state index in [9.17, 15) is 0 Å². The first-order valence-electron chi connectivity index (χ1n) is 4.57. The standard InChI is InChI=1S/C8H19NO5/c9-14-8-7-13-6-5-12-4-3-11-2-1-10/h10H,1-9H2. The van der Waals surface area contributed by atoms with E-state index in [1.807, 2.05) is 0 Å². The molecule has 0 rings (SSSR count). The maximum absolute atomic E-state index is 8.38. The van der Waals surface area contributed by atoms with Crippen molar-refractivity contribution in [3.8, 4) is 0 Å². The summed E-state index contributed by atoms with van der Waals surface area (Å²) in [5.74, 6) is 4.79. The normalized spacial score (nSPS) is 10.7. The summed E-state index contributed by atoms with van der Waals surface area (Å²) in [5, 5.41) is 8.38. The van der Waals surface area contributed by atoms with Crippen LogP contribution in [-0.2, 0) is 19.0 Å². The monoisotopic (exact) mass is 209 g/mol. The van der Waals surface area contributed by atoms with Gasteiger partial charge in [-0.3, -0.25) is 0 Å². The number of hydrogen-bond donors (Lipinski definition) is 2. The van der Waals surface area contributed by atoms with E-state index in [2.05, 4.69) is 4.84 Å². The minimum atomic E-state index is 0.0438. The quantitative estimate of drug-likeness (QED) is 0.332. The predicted octanol–water partition coefficient (Wildman–Crippen LogP) is -1.08. The molecule has 0 aliphatic rings. The van der Waals surface area contributed by atoms with Crippen molar-refractivity contribution in [2.45, 2.75) is 0 Å². The van der Waals surface area contributed by atoms with Crippen LogP contribution < -0.4 is 5.90 Å². The highest BCUT2D eigenvalue weighted by Crippen LogP contribution is 1.80. The largest absolute Gasteiger partial charge is 0.394 e. The van der Waals surface area contributed by atoms with Crippen LogP contribution in [0, 0.1) is 0 Å². The molecule has 0 atom stereocenters. The summed E-state index contributed by atoms with van der Waals surface area (Å²) in [6, 6.07) is 0. The zero-order valence-corrected chi connectivity index (χ0v) is 8.31. The fourth-order valence-electron chi connectivity index (χ4n) is 0.713. The number of rotatable bonds is 11. The Morgan fingerprint density at radius 3 is 1.57 bits per heavy atom. The van der Waals surface area contributed by atoms with Crippen LogP contribution in [0.3, 0.4) is 0 Å². The van der Waals surface area contributed by atoms with Crippen LogP contribution in [0.4, 0.5) is 0 Å². The van der Waals surface area contributed by atoms with Gasteiger partial charge >= 0.3 is 0 Å². The molecule has 6 heteroatoms. The van der Waals surface area contributed by atoms with Crippen molar-refractivity contribution in [3.63, 3.8) is 0 Å². The van der Waals surface area contributed by atoms with Gasteiger partial charge in [0.25, 0.3) is 0 Å². The summed E-state index contributed by atoms with van der Waals surface area (Å²) in [4.78, 5) is 4.30. The second kappa shape index (κ2) is 12.8. The molecule has 0 aliphatic carbocycles. The molecule has 6 nitrogen and oxygen atoms in total. The van der Waals surface area contributed by atoms with Crippen LogP contribution in [0.15, 0.2) is 0 Å². The van der Waals surface area contributed by atoms with E-state index in [4.69, 9.17) is 25.2 Å². The number of aliphatic hydroxyl groups excluding tert-OH is 1. The second-order valence-corrected chi connectivity index (χ2v) is 2.43. The molecule has 0 unspecified atom stereocenters. The lowest BCUT2D eigenvalue weighted by molar-refractivity contribution is -0.00569. The number of ether oxygens (including phenoxy) is 3. The maximum atomic E-state index is 8.38. The summed E-state index contributed by atoms with van der Waals surface area (Å²) in [6.07, 6.45) is 0. The summed E-state index contributed by atoms with van der Waals surface area (Å²) in [5.41, 5.74) is 0. The Morgan fingerprint density at radius 1 is 0.714 bits per heavy atom. The lowest BCUT2D eigenvalue weighted by Crippen LogP contribution is -2.13. The van der Waals surface area contributed by atoms with E-state index >= 15 is 0 Å². The van der Waals surface area contributed by atoms with Gasteiger partial charge in [0, 0.05) is 0 Å². The first-order valence-corrected chi connectivity index (χ1v) is 4.57. The molecule has 14 heavy (non-hydrogen) atoms. The summed E-state index contributed by atoms with van der Waals surface area (Å²) < 4.78 is 15.2. The molecule has 0 saturated heterocycles. The minimum Gasteiger partial charge on any atom is -0.394 e. The van der Waals surface area contributed by atoms with Gasteiger partial charge in [-0.25, -0.2) is 5.90 Å². The highest BCUT2D eigenvalue weighted by Gasteiger charge is 1.90. The highest BCUT2D eigenvalue weighted by atomic mass is 16.6. The van der Waals surface area contributed by atoms with Gasteiger partial charge in [0.1, 0.15) is 0 Å². The molecule has 3 N–H and O–H groups in total. The third kappa shape index (κ3) is 11.8. The van der Waals surface area contributed by atoms with Crippen LogP contribution in [-0.4, -0.2) is 58.0 Å². The van der Waals surface area contributed by atoms with Gasteiger partial charge < -0.3 is 24.2 Å². The molecule has 0 aromatic carbocycles. The Bertz CT molecular complexity index is 91.7. The fraction of sp³-hybridized carbons (Fsp3) is 1.00. The van der Waals surface area contributed by atoms with Crippen molar-refractivity contribution >= 4 is 0 Å².